The summed E-state index contributed by atoms with van der Waals surface area (Å²) in [6.07, 6.45) is 2.15. The van der Waals surface area contributed by atoms with E-state index < -0.39 is 0 Å². The summed E-state index contributed by atoms with van der Waals surface area (Å²) in [5.74, 6) is -0.0230. The van der Waals surface area contributed by atoms with E-state index in [2.05, 4.69) is 16.4 Å². The van der Waals surface area contributed by atoms with Crippen LogP contribution in [0.1, 0.15) is 17.5 Å². The first kappa shape index (κ1) is 14.8. The van der Waals surface area contributed by atoms with Gasteiger partial charge in [-0.15, -0.1) is 0 Å². The molecule has 0 spiro atoms. The lowest BCUT2D eigenvalue weighted by atomic mass is 10.1. The number of hydrogen-bond donors (Lipinski definition) is 1. The van der Waals surface area contributed by atoms with Crippen LogP contribution in [-0.4, -0.2) is 15.5 Å². The molecule has 1 aromatic heterocycles. The molecule has 5 heteroatoms. The first-order valence-corrected chi connectivity index (χ1v) is 7.42. The standard InChI is InChI=1S/C18H16N4O/c19-11-14-4-3-5-15(10-14)12-20-18(23)8-9-22-13-21-16-6-1-2-7-17(16)22/h1-7,10,13H,8-9,12H2,(H,20,23). The Labute approximate surface area is 134 Å². The van der Waals surface area contributed by atoms with Crippen molar-refractivity contribution in [2.24, 2.45) is 0 Å². The number of hydrogen-bond acceptors (Lipinski definition) is 3. The minimum Gasteiger partial charge on any atom is -0.352 e. The highest BCUT2D eigenvalue weighted by atomic mass is 16.1. The van der Waals surface area contributed by atoms with Crippen molar-refractivity contribution < 1.29 is 4.79 Å². The van der Waals surface area contributed by atoms with Crippen LogP contribution >= 0.6 is 0 Å². The Hall–Kier alpha value is -3.13. The van der Waals surface area contributed by atoms with Crippen LogP contribution in [-0.2, 0) is 17.9 Å². The minimum atomic E-state index is -0.0230. The van der Waals surface area contributed by atoms with Gasteiger partial charge in [-0.05, 0) is 29.8 Å². The maximum atomic E-state index is 12.0. The fraction of sp³-hybridized carbons (Fsp3) is 0.167. The predicted octanol–water partition coefficient (Wildman–Crippen LogP) is 2.61. The molecule has 1 N–H and O–H groups in total. The minimum absolute atomic E-state index is 0.0230. The lowest BCUT2D eigenvalue weighted by Crippen LogP contribution is -2.23. The maximum absolute atomic E-state index is 12.0. The fourth-order valence-corrected chi connectivity index (χ4v) is 2.45. The number of aromatic nitrogens is 2. The van der Waals surface area contributed by atoms with Crippen molar-refractivity contribution in [1.29, 1.82) is 5.26 Å². The Bertz CT molecular complexity index is 876. The summed E-state index contributed by atoms with van der Waals surface area (Å²) in [6.45, 7) is 1.02. The third kappa shape index (κ3) is 3.55. The molecule has 114 valence electrons. The number of aryl methyl sites for hydroxylation is 1. The van der Waals surface area contributed by atoms with Crippen LogP contribution in [0.4, 0.5) is 0 Å². The van der Waals surface area contributed by atoms with Gasteiger partial charge >= 0.3 is 0 Å². The topological polar surface area (TPSA) is 70.7 Å². The molecule has 0 fully saturated rings. The molecule has 3 rings (SSSR count). The number of carbonyl (C=O) groups excluding carboxylic acids is 1. The molecule has 5 nitrogen and oxygen atoms in total. The van der Waals surface area contributed by atoms with Crippen molar-refractivity contribution in [2.45, 2.75) is 19.5 Å². The number of imidazole rings is 1. The number of para-hydroxylation sites is 2. The molecule has 1 amide bonds. The number of nitriles is 1. The zero-order chi connectivity index (χ0) is 16.1. The fourth-order valence-electron chi connectivity index (χ4n) is 2.45. The van der Waals surface area contributed by atoms with Crippen LogP contribution < -0.4 is 5.32 Å². The van der Waals surface area contributed by atoms with Crippen molar-refractivity contribution in [2.75, 3.05) is 0 Å². The third-order valence-electron chi connectivity index (χ3n) is 3.65. The summed E-state index contributed by atoms with van der Waals surface area (Å²) in [5.41, 5.74) is 3.48. The van der Waals surface area contributed by atoms with Gasteiger partial charge in [-0.2, -0.15) is 5.26 Å². The Morgan fingerprint density at radius 2 is 2.09 bits per heavy atom. The van der Waals surface area contributed by atoms with Gasteiger partial charge in [-0.1, -0.05) is 24.3 Å². The Morgan fingerprint density at radius 1 is 1.22 bits per heavy atom. The molecular formula is C18H16N4O. The molecule has 0 bridgehead atoms. The zero-order valence-electron chi connectivity index (χ0n) is 12.6. The average Bonchev–Trinajstić information content (AvgIpc) is 3.01. The first-order valence-electron chi connectivity index (χ1n) is 7.42. The van der Waals surface area contributed by atoms with Crippen LogP contribution in [0, 0.1) is 11.3 Å². The van der Waals surface area contributed by atoms with Gasteiger partial charge < -0.3 is 9.88 Å². The SMILES string of the molecule is N#Cc1cccc(CNC(=O)CCn2cnc3ccccc32)c1. The predicted molar refractivity (Wildman–Crippen MR) is 87.4 cm³/mol. The van der Waals surface area contributed by atoms with Gasteiger partial charge in [0, 0.05) is 19.5 Å². The number of benzene rings is 2. The van der Waals surface area contributed by atoms with Gasteiger partial charge in [0.1, 0.15) is 0 Å². The lowest BCUT2D eigenvalue weighted by molar-refractivity contribution is -0.121. The highest BCUT2D eigenvalue weighted by Crippen LogP contribution is 2.12. The number of fused-ring (bicyclic) bond motifs is 1. The summed E-state index contributed by atoms with van der Waals surface area (Å²) in [7, 11) is 0. The lowest BCUT2D eigenvalue weighted by Gasteiger charge is -2.07. The van der Waals surface area contributed by atoms with Gasteiger partial charge in [0.2, 0.25) is 5.91 Å². The summed E-state index contributed by atoms with van der Waals surface area (Å²) in [6, 6.07) is 17.2. The van der Waals surface area contributed by atoms with Crippen molar-refractivity contribution in [3.63, 3.8) is 0 Å². The molecule has 0 atom stereocenters. The summed E-state index contributed by atoms with van der Waals surface area (Å²) in [5, 5.41) is 11.7. The molecule has 0 radical (unpaired) electrons. The van der Waals surface area contributed by atoms with Gasteiger partial charge in [0.15, 0.2) is 0 Å². The Morgan fingerprint density at radius 3 is 2.96 bits per heavy atom. The average molecular weight is 304 g/mol. The van der Waals surface area contributed by atoms with Crippen LogP contribution in [0.5, 0.6) is 0 Å². The van der Waals surface area contributed by atoms with Crippen molar-refractivity contribution in [3.8, 4) is 6.07 Å². The second-order valence-corrected chi connectivity index (χ2v) is 5.27. The van der Waals surface area contributed by atoms with E-state index in [1.807, 2.05) is 41.0 Å². The smallest absolute Gasteiger partial charge is 0.222 e. The summed E-state index contributed by atoms with van der Waals surface area (Å²) < 4.78 is 1.98. The highest BCUT2D eigenvalue weighted by Gasteiger charge is 2.05. The normalized spacial score (nSPS) is 10.4. The molecule has 3 aromatic rings. The molecule has 0 saturated carbocycles. The van der Waals surface area contributed by atoms with E-state index in [-0.39, 0.29) is 5.91 Å². The van der Waals surface area contributed by atoms with Crippen molar-refractivity contribution >= 4 is 16.9 Å². The van der Waals surface area contributed by atoms with E-state index in [1.54, 1.807) is 18.5 Å². The summed E-state index contributed by atoms with van der Waals surface area (Å²) in [4.78, 5) is 16.3. The largest absolute Gasteiger partial charge is 0.352 e. The molecule has 0 unspecified atom stereocenters. The van der Waals surface area contributed by atoms with E-state index in [0.717, 1.165) is 16.6 Å². The van der Waals surface area contributed by atoms with E-state index in [9.17, 15) is 4.79 Å². The summed E-state index contributed by atoms with van der Waals surface area (Å²) >= 11 is 0. The molecule has 2 aromatic carbocycles. The quantitative estimate of drug-likeness (QED) is 0.787. The number of nitrogens with zero attached hydrogens (tertiary/aromatic N) is 3. The van der Waals surface area contributed by atoms with Crippen LogP contribution in [0.2, 0.25) is 0 Å². The van der Waals surface area contributed by atoms with Crippen molar-refractivity contribution in [3.05, 3.63) is 66.0 Å². The van der Waals surface area contributed by atoms with Crippen LogP contribution in [0.25, 0.3) is 11.0 Å². The van der Waals surface area contributed by atoms with Crippen molar-refractivity contribution in [1.82, 2.24) is 14.9 Å². The first-order chi connectivity index (χ1) is 11.3. The van der Waals surface area contributed by atoms with Gasteiger partial charge in [-0.3, -0.25) is 4.79 Å². The number of rotatable bonds is 5. The van der Waals surface area contributed by atoms with Crippen LogP contribution in [0.3, 0.4) is 0 Å². The number of carbonyl (C=O) groups is 1. The zero-order valence-corrected chi connectivity index (χ0v) is 12.6. The third-order valence-corrected chi connectivity index (χ3v) is 3.65. The van der Waals surface area contributed by atoms with E-state index >= 15 is 0 Å². The molecule has 0 saturated heterocycles. The Kier molecular flexibility index (Phi) is 4.34. The highest BCUT2D eigenvalue weighted by molar-refractivity contribution is 5.77. The number of nitrogens with one attached hydrogen (secondary N) is 1. The van der Waals surface area contributed by atoms with Gasteiger partial charge in [0.05, 0.1) is 29.0 Å². The van der Waals surface area contributed by atoms with Gasteiger partial charge in [-0.25, -0.2) is 4.98 Å². The number of amides is 1. The molecule has 0 aliphatic heterocycles. The van der Waals surface area contributed by atoms with E-state index in [4.69, 9.17) is 5.26 Å². The molecule has 0 aliphatic rings. The van der Waals surface area contributed by atoms with E-state index in [0.29, 0.717) is 25.1 Å². The molecular weight excluding hydrogens is 288 g/mol. The molecule has 1 heterocycles. The monoisotopic (exact) mass is 304 g/mol. The molecule has 23 heavy (non-hydrogen) atoms. The Balaban J connectivity index is 1.54. The van der Waals surface area contributed by atoms with Gasteiger partial charge in [0.25, 0.3) is 0 Å². The second-order valence-electron chi connectivity index (χ2n) is 5.27. The van der Waals surface area contributed by atoms with E-state index in [1.165, 1.54) is 0 Å². The second kappa shape index (κ2) is 6.75. The maximum Gasteiger partial charge on any atom is 0.222 e. The molecule has 0 aliphatic carbocycles. The van der Waals surface area contributed by atoms with Crippen LogP contribution in [0.15, 0.2) is 54.9 Å².